The van der Waals surface area contributed by atoms with Crippen LogP contribution in [-0.4, -0.2) is 24.6 Å². The average molecular weight is 381 g/mol. The van der Waals surface area contributed by atoms with Crippen molar-refractivity contribution in [2.45, 2.75) is 52.1 Å². The van der Waals surface area contributed by atoms with Crippen LogP contribution < -0.4 is 10.1 Å². The Labute approximate surface area is 166 Å². The highest BCUT2D eigenvalue weighted by molar-refractivity contribution is 5.93. The van der Waals surface area contributed by atoms with Crippen molar-refractivity contribution in [3.63, 3.8) is 0 Å². The molecule has 28 heavy (non-hydrogen) atoms. The van der Waals surface area contributed by atoms with Crippen LogP contribution in [0.5, 0.6) is 5.75 Å². The van der Waals surface area contributed by atoms with Gasteiger partial charge >= 0.3 is 5.97 Å². The number of ether oxygens (including phenoxy) is 2. The van der Waals surface area contributed by atoms with Crippen LogP contribution in [-0.2, 0) is 9.53 Å². The molecular weight excluding hydrogens is 354 g/mol. The molecule has 0 saturated heterocycles. The van der Waals surface area contributed by atoms with E-state index in [4.69, 9.17) is 9.47 Å². The third-order valence-electron chi connectivity index (χ3n) is 5.08. The molecule has 1 amide bonds. The Morgan fingerprint density at radius 2 is 1.68 bits per heavy atom. The average Bonchev–Trinajstić information content (AvgIpc) is 2.70. The first kappa shape index (κ1) is 19.9. The number of esters is 1. The number of nitrogens with one attached hydrogen (secondary N) is 1. The fourth-order valence-corrected chi connectivity index (χ4v) is 3.24. The Hall–Kier alpha value is -2.82. The van der Waals surface area contributed by atoms with Crippen molar-refractivity contribution in [2.75, 3.05) is 11.9 Å². The molecule has 0 aromatic heterocycles. The molecule has 1 aliphatic carbocycles. The van der Waals surface area contributed by atoms with E-state index in [1.165, 1.54) is 12.0 Å². The van der Waals surface area contributed by atoms with Crippen LogP contribution in [0.3, 0.4) is 0 Å². The lowest BCUT2D eigenvalue weighted by atomic mass is 9.98. The number of hydrogen-bond donors (Lipinski definition) is 1. The standard InChI is InChI=1S/C23H27NO4/c1-16-8-13-21(14-17(16)2)27-15-22(25)24-19-11-9-18(10-12-19)23(26)28-20-6-4-3-5-7-20/h8-14,20H,3-7,15H2,1-2H3,(H,24,25). The van der Waals surface area contributed by atoms with Gasteiger partial charge in [-0.2, -0.15) is 0 Å². The van der Waals surface area contributed by atoms with Crippen molar-refractivity contribution in [3.8, 4) is 5.75 Å². The summed E-state index contributed by atoms with van der Waals surface area (Å²) in [5.74, 6) is 0.109. The van der Waals surface area contributed by atoms with Gasteiger partial charge in [-0.1, -0.05) is 12.5 Å². The van der Waals surface area contributed by atoms with Crippen LogP contribution >= 0.6 is 0 Å². The first-order valence-corrected chi connectivity index (χ1v) is 9.82. The molecule has 1 aliphatic rings. The van der Waals surface area contributed by atoms with Crippen LogP contribution in [0.15, 0.2) is 42.5 Å². The minimum absolute atomic E-state index is 0.0307. The van der Waals surface area contributed by atoms with Crippen molar-refractivity contribution in [1.82, 2.24) is 0 Å². The van der Waals surface area contributed by atoms with E-state index in [0.29, 0.717) is 17.0 Å². The van der Waals surface area contributed by atoms with E-state index in [-0.39, 0.29) is 24.6 Å². The van der Waals surface area contributed by atoms with Gasteiger partial charge in [0.25, 0.3) is 5.91 Å². The molecular formula is C23H27NO4. The molecule has 1 N–H and O–H groups in total. The van der Waals surface area contributed by atoms with Gasteiger partial charge < -0.3 is 14.8 Å². The summed E-state index contributed by atoms with van der Waals surface area (Å²) in [6.45, 7) is 3.96. The monoisotopic (exact) mass is 381 g/mol. The molecule has 0 unspecified atom stereocenters. The minimum atomic E-state index is -0.303. The van der Waals surface area contributed by atoms with Crippen molar-refractivity contribution < 1.29 is 19.1 Å². The first-order chi connectivity index (χ1) is 13.5. The topological polar surface area (TPSA) is 64.6 Å². The summed E-state index contributed by atoms with van der Waals surface area (Å²) >= 11 is 0. The van der Waals surface area contributed by atoms with Crippen molar-refractivity contribution in [2.24, 2.45) is 0 Å². The Bertz CT molecular complexity index is 823. The predicted molar refractivity (Wildman–Crippen MR) is 109 cm³/mol. The molecule has 0 atom stereocenters. The largest absolute Gasteiger partial charge is 0.484 e. The Morgan fingerprint density at radius 1 is 0.964 bits per heavy atom. The van der Waals surface area contributed by atoms with Gasteiger partial charge in [-0.25, -0.2) is 4.79 Å². The lowest BCUT2D eigenvalue weighted by molar-refractivity contribution is -0.118. The lowest BCUT2D eigenvalue weighted by Crippen LogP contribution is -2.21. The van der Waals surface area contributed by atoms with Crippen LogP contribution in [0, 0.1) is 13.8 Å². The molecule has 1 fully saturated rings. The summed E-state index contributed by atoms with van der Waals surface area (Å²) in [5, 5.41) is 2.77. The molecule has 5 nitrogen and oxygen atoms in total. The Morgan fingerprint density at radius 3 is 2.36 bits per heavy atom. The van der Waals surface area contributed by atoms with Gasteiger partial charge in [-0.05, 0) is 87.1 Å². The second-order valence-electron chi connectivity index (χ2n) is 7.33. The number of benzene rings is 2. The normalized spacial score (nSPS) is 14.4. The molecule has 5 heteroatoms. The fraction of sp³-hybridized carbons (Fsp3) is 0.391. The Kier molecular flexibility index (Phi) is 6.69. The van der Waals surface area contributed by atoms with Gasteiger partial charge in [0.05, 0.1) is 5.56 Å². The summed E-state index contributed by atoms with van der Waals surface area (Å²) < 4.78 is 11.1. The van der Waals surface area contributed by atoms with Crippen molar-refractivity contribution in [3.05, 3.63) is 59.2 Å². The second kappa shape index (κ2) is 9.40. The number of anilines is 1. The summed E-state index contributed by atoms with van der Waals surface area (Å²) in [6.07, 6.45) is 5.37. The number of aryl methyl sites for hydroxylation is 2. The molecule has 2 aromatic carbocycles. The third-order valence-corrected chi connectivity index (χ3v) is 5.08. The molecule has 0 bridgehead atoms. The van der Waals surface area contributed by atoms with E-state index >= 15 is 0 Å². The van der Waals surface area contributed by atoms with E-state index in [2.05, 4.69) is 5.32 Å². The van der Waals surface area contributed by atoms with Gasteiger partial charge in [0.15, 0.2) is 6.61 Å². The van der Waals surface area contributed by atoms with Crippen LogP contribution in [0.25, 0.3) is 0 Å². The summed E-state index contributed by atoms with van der Waals surface area (Å²) in [5.41, 5.74) is 3.41. The number of amides is 1. The van der Waals surface area contributed by atoms with Crippen LogP contribution in [0.2, 0.25) is 0 Å². The molecule has 0 radical (unpaired) electrons. The number of carbonyl (C=O) groups excluding carboxylic acids is 2. The molecule has 0 aliphatic heterocycles. The van der Waals surface area contributed by atoms with Crippen molar-refractivity contribution >= 4 is 17.6 Å². The predicted octanol–water partition coefficient (Wildman–Crippen LogP) is 4.81. The molecule has 3 rings (SSSR count). The van der Waals surface area contributed by atoms with Gasteiger partial charge in [0.1, 0.15) is 11.9 Å². The molecule has 1 saturated carbocycles. The maximum atomic E-state index is 12.2. The highest BCUT2D eigenvalue weighted by Gasteiger charge is 2.18. The fourth-order valence-electron chi connectivity index (χ4n) is 3.24. The van der Waals surface area contributed by atoms with E-state index in [1.54, 1.807) is 24.3 Å². The third kappa shape index (κ3) is 5.59. The number of carbonyl (C=O) groups is 2. The van der Waals surface area contributed by atoms with Gasteiger partial charge in [0, 0.05) is 5.69 Å². The number of rotatable bonds is 6. The van der Waals surface area contributed by atoms with E-state index < -0.39 is 0 Å². The molecule has 2 aromatic rings. The zero-order chi connectivity index (χ0) is 19.9. The maximum Gasteiger partial charge on any atom is 0.338 e. The van der Waals surface area contributed by atoms with E-state index in [1.807, 2.05) is 32.0 Å². The highest BCUT2D eigenvalue weighted by atomic mass is 16.5. The zero-order valence-electron chi connectivity index (χ0n) is 16.5. The molecule has 0 heterocycles. The summed E-state index contributed by atoms with van der Waals surface area (Å²) in [6, 6.07) is 12.5. The van der Waals surface area contributed by atoms with Gasteiger partial charge in [-0.3, -0.25) is 4.79 Å². The van der Waals surface area contributed by atoms with E-state index in [0.717, 1.165) is 31.2 Å². The summed E-state index contributed by atoms with van der Waals surface area (Å²) in [7, 11) is 0. The van der Waals surface area contributed by atoms with Gasteiger partial charge in [-0.15, -0.1) is 0 Å². The number of hydrogen-bond acceptors (Lipinski definition) is 4. The first-order valence-electron chi connectivity index (χ1n) is 9.82. The quantitative estimate of drug-likeness (QED) is 0.729. The second-order valence-corrected chi connectivity index (χ2v) is 7.33. The summed E-state index contributed by atoms with van der Waals surface area (Å²) in [4.78, 5) is 24.3. The minimum Gasteiger partial charge on any atom is -0.484 e. The van der Waals surface area contributed by atoms with E-state index in [9.17, 15) is 9.59 Å². The smallest absolute Gasteiger partial charge is 0.338 e. The van der Waals surface area contributed by atoms with Gasteiger partial charge in [0.2, 0.25) is 0 Å². The molecule has 148 valence electrons. The zero-order valence-corrected chi connectivity index (χ0v) is 16.5. The SMILES string of the molecule is Cc1ccc(OCC(=O)Nc2ccc(C(=O)OC3CCCCC3)cc2)cc1C. The van der Waals surface area contributed by atoms with Crippen molar-refractivity contribution in [1.29, 1.82) is 0 Å². The lowest BCUT2D eigenvalue weighted by Gasteiger charge is -2.21. The Balaban J connectivity index is 1.48. The molecule has 0 spiro atoms. The highest BCUT2D eigenvalue weighted by Crippen LogP contribution is 2.22. The maximum absolute atomic E-state index is 12.2. The van der Waals surface area contributed by atoms with Crippen LogP contribution in [0.4, 0.5) is 5.69 Å². The van der Waals surface area contributed by atoms with Crippen LogP contribution in [0.1, 0.15) is 53.6 Å².